The Morgan fingerprint density at radius 1 is 1.40 bits per heavy atom. The maximum Gasteiger partial charge on any atom is 0.180 e. The molecule has 1 aliphatic rings. The van der Waals surface area contributed by atoms with Gasteiger partial charge in [-0.25, -0.2) is 0 Å². The van der Waals surface area contributed by atoms with Gasteiger partial charge in [0.25, 0.3) is 0 Å². The fourth-order valence-corrected chi connectivity index (χ4v) is 2.31. The van der Waals surface area contributed by atoms with Crippen LogP contribution in [0.1, 0.15) is 6.92 Å². The number of carbonyl (C=O) groups excluding carboxylic acids is 1. The molecule has 4 N–H and O–H groups in total. The van der Waals surface area contributed by atoms with Crippen LogP contribution in [0.25, 0.3) is 0 Å². The van der Waals surface area contributed by atoms with E-state index in [-0.39, 0.29) is 37.1 Å². The zero-order valence-corrected chi connectivity index (χ0v) is 11.2. The average Bonchev–Trinajstić information content (AvgIpc) is 2.18. The number of hydrogen-bond acceptors (Lipinski definition) is 5. The predicted molar refractivity (Wildman–Crippen MR) is 70.0 cm³/mol. The largest absolute Gasteiger partial charge is 0.324 e. The number of Topliss-reactive ketones (excluding diaryl/α,β-unsaturated/α-hetero) is 1. The molecule has 0 aromatic rings. The Balaban J connectivity index is 0. The molecule has 0 amide bonds. The molecule has 1 heterocycles. The van der Waals surface area contributed by atoms with Gasteiger partial charge in [0.15, 0.2) is 5.78 Å². The first-order valence-corrected chi connectivity index (χ1v) is 5.59. The first-order valence-electron chi connectivity index (χ1n) is 4.44. The fraction of sp³-hybridized carbons (Fsp3) is 0.875. The summed E-state index contributed by atoms with van der Waals surface area (Å²) in [7, 11) is 0. The normalized spacial score (nSPS) is 20.7. The Hall–Kier alpha value is 0.480. The molecule has 4 nitrogen and oxygen atoms in total. The summed E-state index contributed by atoms with van der Waals surface area (Å²) in [4.78, 5) is 13.4. The third-order valence-electron chi connectivity index (χ3n) is 2.42. The first kappa shape index (κ1) is 17.9. The predicted octanol–water partition coefficient (Wildman–Crippen LogP) is 0.0815. The monoisotopic (exact) mass is 275 g/mol. The quantitative estimate of drug-likeness (QED) is 0.764. The van der Waals surface area contributed by atoms with Gasteiger partial charge in [-0.05, 0) is 6.92 Å². The minimum absolute atomic E-state index is 0. The van der Waals surface area contributed by atoms with Gasteiger partial charge in [-0.15, -0.1) is 24.8 Å². The van der Waals surface area contributed by atoms with E-state index in [9.17, 15) is 4.79 Å². The van der Waals surface area contributed by atoms with Crippen molar-refractivity contribution < 1.29 is 4.79 Å². The smallest absolute Gasteiger partial charge is 0.180 e. The van der Waals surface area contributed by atoms with Gasteiger partial charge in [0, 0.05) is 24.6 Å². The molecular formula is C8H19Cl2N3OS. The van der Waals surface area contributed by atoms with E-state index in [0.29, 0.717) is 0 Å². The Labute approximate surface area is 107 Å². The molecule has 0 aliphatic carbocycles. The molecule has 0 spiro atoms. The third-order valence-corrected chi connectivity index (χ3v) is 3.36. The minimum atomic E-state index is -0.865. The summed E-state index contributed by atoms with van der Waals surface area (Å²) in [5.74, 6) is 2.01. The molecule has 0 aromatic heterocycles. The van der Waals surface area contributed by atoms with Crippen LogP contribution in [0.15, 0.2) is 0 Å². The van der Waals surface area contributed by atoms with Crippen molar-refractivity contribution in [2.45, 2.75) is 12.6 Å². The Morgan fingerprint density at radius 2 is 1.87 bits per heavy atom. The number of nitrogens with zero attached hydrogens (tertiary/aromatic N) is 1. The van der Waals surface area contributed by atoms with Gasteiger partial charge in [0.05, 0.1) is 6.54 Å². The molecule has 7 heteroatoms. The van der Waals surface area contributed by atoms with Gasteiger partial charge in [0.2, 0.25) is 0 Å². The minimum Gasteiger partial charge on any atom is -0.324 e. The van der Waals surface area contributed by atoms with E-state index in [1.165, 1.54) is 0 Å². The fourth-order valence-electron chi connectivity index (χ4n) is 1.41. The van der Waals surface area contributed by atoms with Gasteiger partial charge in [-0.3, -0.25) is 9.69 Å². The molecule has 1 fully saturated rings. The van der Waals surface area contributed by atoms with E-state index in [2.05, 4.69) is 0 Å². The zero-order chi connectivity index (χ0) is 9.90. The molecule has 0 saturated carbocycles. The van der Waals surface area contributed by atoms with Crippen LogP contribution in [0.5, 0.6) is 0 Å². The van der Waals surface area contributed by atoms with Crippen LogP contribution in [0, 0.1) is 0 Å². The summed E-state index contributed by atoms with van der Waals surface area (Å²) in [6.07, 6.45) is 0. The summed E-state index contributed by atoms with van der Waals surface area (Å²) in [5, 5.41) is 0. The highest BCUT2D eigenvalue weighted by atomic mass is 35.5. The lowest BCUT2D eigenvalue weighted by molar-refractivity contribution is -0.128. The Bertz CT molecular complexity index is 198. The Kier molecular flexibility index (Phi) is 9.17. The maximum atomic E-state index is 11.4. The molecule has 92 valence electrons. The van der Waals surface area contributed by atoms with Crippen LogP contribution in [-0.4, -0.2) is 47.5 Å². The standard InChI is InChI=1S/C8H17N3OS.2ClH/c1-8(10,7(12)6-9)11-2-4-13-5-3-11;;/h2-6,9-10H2,1H3;2*1H. The van der Waals surface area contributed by atoms with Crippen molar-refractivity contribution in [3.05, 3.63) is 0 Å². The second-order valence-corrected chi connectivity index (χ2v) is 4.60. The lowest BCUT2D eigenvalue weighted by Gasteiger charge is -2.38. The summed E-state index contributed by atoms with van der Waals surface area (Å²) in [5.41, 5.74) is 10.4. The number of rotatable bonds is 3. The molecule has 0 radical (unpaired) electrons. The van der Waals surface area contributed by atoms with E-state index < -0.39 is 5.66 Å². The SMILES string of the molecule is CC(N)(C(=O)CN)N1CCSCC1.Cl.Cl. The molecule has 1 unspecified atom stereocenters. The van der Waals surface area contributed by atoms with Crippen molar-refractivity contribution in [2.24, 2.45) is 11.5 Å². The summed E-state index contributed by atoms with van der Waals surface area (Å²) >= 11 is 1.89. The lowest BCUT2D eigenvalue weighted by atomic mass is 10.1. The van der Waals surface area contributed by atoms with Crippen molar-refractivity contribution in [2.75, 3.05) is 31.1 Å². The van der Waals surface area contributed by atoms with Gasteiger partial charge in [-0.1, -0.05) is 0 Å². The van der Waals surface area contributed by atoms with Gasteiger partial charge in [0.1, 0.15) is 5.66 Å². The van der Waals surface area contributed by atoms with Gasteiger partial charge >= 0.3 is 0 Å². The lowest BCUT2D eigenvalue weighted by Crippen LogP contribution is -2.62. The van der Waals surface area contributed by atoms with Crippen LogP contribution in [0.4, 0.5) is 0 Å². The number of hydrogen-bond donors (Lipinski definition) is 2. The molecule has 1 rings (SSSR count). The number of thioether (sulfide) groups is 1. The molecule has 1 saturated heterocycles. The highest BCUT2D eigenvalue weighted by Gasteiger charge is 2.34. The van der Waals surface area contributed by atoms with Crippen LogP contribution in [0.2, 0.25) is 0 Å². The second kappa shape index (κ2) is 7.70. The maximum absolute atomic E-state index is 11.4. The molecule has 1 atom stereocenters. The van der Waals surface area contributed by atoms with E-state index in [1.54, 1.807) is 6.92 Å². The van der Waals surface area contributed by atoms with Crippen molar-refractivity contribution in [1.29, 1.82) is 0 Å². The molecule has 0 aromatic carbocycles. The Morgan fingerprint density at radius 3 is 2.27 bits per heavy atom. The number of ketones is 1. The van der Waals surface area contributed by atoms with E-state index >= 15 is 0 Å². The van der Waals surface area contributed by atoms with Crippen molar-refractivity contribution >= 4 is 42.4 Å². The highest BCUT2D eigenvalue weighted by Crippen LogP contribution is 2.16. The molecule has 1 aliphatic heterocycles. The molecule has 0 bridgehead atoms. The van der Waals surface area contributed by atoms with E-state index in [4.69, 9.17) is 11.5 Å². The number of halogens is 2. The number of carbonyl (C=O) groups is 1. The topological polar surface area (TPSA) is 72.3 Å². The van der Waals surface area contributed by atoms with Gasteiger partial charge < -0.3 is 11.5 Å². The van der Waals surface area contributed by atoms with Crippen LogP contribution >= 0.6 is 36.6 Å². The first-order chi connectivity index (χ1) is 6.09. The van der Waals surface area contributed by atoms with Crippen LogP contribution < -0.4 is 11.5 Å². The van der Waals surface area contributed by atoms with E-state index in [0.717, 1.165) is 24.6 Å². The summed E-state index contributed by atoms with van der Waals surface area (Å²) in [6, 6.07) is 0. The zero-order valence-electron chi connectivity index (χ0n) is 8.77. The van der Waals surface area contributed by atoms with Gasteiger partial charge in [-0.2, -0.15) is 11.8 Å². The molecular weight excluding hydrogens is 257 g/mol. The van der Waals surface area contributed by atoms with Crippen molar-refractivity contribution in [3.8, 4) is 0 Å². The third kappa shape index (κ3) is 4.46. The van der Waals surface area contributed by atoms with Crippen LogP contribution in [-0.2, 0) is 4.79 Å². The van der Waals surface area contributed by atoms with Crippen molar-refractivity contribution in [3.63, 3.8) is 0 Å². The summed E-state index contributed by atoms with van der Waals surface area (Å²) < 4.78 is 0. The van der Waals surface area contributed by atoms with Crippen molar-refractivity contribution in [1.82, 2.24) is 4.90 Å². The second-order valence-electron chi connectivity index (χ2n) is 3.37. The molecule has 15 heavy (non-hydrogen) atoms. The van der Waals surface area contributed by atoms with Crippen LogP contribution in [0.3, 0.4) is 0 Å². The average molecular weight is 276 g/mol. The number of nitrogens with two attached hydrogens (primary N) is 2. The highest BCUT2D eigenvalue weighted by molar-refractivity contribution is 7.99. The summed E-state index contributed by atoms with van der Waals surface area (Å²) in [6.45, 7) is 3.53. The van der Waals surface area contributed by atoms with E-state index in [1.807, 2.05) is 16.7 Å².